The van der Waals surface area contributed by atoms with Crippen molar-refractivity contribution in [2.45, 2.75) is 52.2 Å². The molecule has 4 nitrogen and oxygen atoms in total. The molecule has 4 heteroatoms. The van der Waals surface area contributed by atoms with E-state index >= 15 is 0 Å². The Kier molecular flexibility index (Phi) is 4.12. The molecule has 1 saturated carbocycles. The molecule has 0 bridgehead atoms. The van der Waals surface area contributed by atoms with Crippen molar-refractivity contribution < 1.29 is 14.3 Å². The lowest BCUT2D eigenvalue weighted by molar-refractivity contribution is -0.151. The van der Waals surface area contributed by atoms with Crippen LogP contribution in [0.3, 0.4) is 0 Å². The summed E-state index contributed by atoms with van der Waals surface area (Å²) in [5.41, 5.74) is 0. The lowest BCUT2D eigenvalue weighted by Crippen LogP contribution is -2.42. The molecule has 1 N–H and O–H groups in total. The second-order valence-corrected chi connectivity index (χ2v) is 4.34. The van der Waals surface area contributed by atoms with Crippen LogP contribution in [0.25, 0.3) is 0 Å². The van der Waals surface area contributed by atoms with Gasteiger partial charge in [-0.05, 0) is 25.2 Å². The maximum Gasteiger partial charge on any atom is 0.302 e. The number of hydrogen-bond acceptors (Lipinski definition) is 3. The minimum absolute atomic E-state index is 0.0122. The predicted molar refractivity (Wildman–Crippen MR) is 56.2 cm³/mol. The molecule has 1 rings (SSSR count). The van der Waals surface area contributed by atoms with Gasteiger partial charge in [-0.15, -0.1) is 0 Å². The van der Waals surface area contributed by atoms with Gasteiger partial charge in [0.05, 0.1) is 0 Å². The maximum atomic E-state index is 10.9. The zero-order chi connectivity index (χ0) is 11.4. The second kappa shape index (κ2) is 5.14. The normalized spacial score (nSPS) is 30.7. The Labute approximate surface area is 90.4 Å². The van der Waals surface area contributed by atoms with Crippen molar-refractivity contribution in [1.82, 2.24) is 5.32 Å². The third-order valence-electron chi connectivity index (χ3n) is 2.82. The van der Waals surface area contributed by atoms with E-state index in [1.54, 1.807) is 0 Å². The quantitative estimate of drug-likeness (QED) is 0.702. The molecule has 1 aliphatic rings. The third kappa shape index (κ3) is 3.90. The number of carbonyl (C=O) groups is 2. The summed E-state index contributed by atoms with van der Waals surface area (Å²) in [7, 11) is 0. The van der Waals surface area contributed by atoms with Crippen LogP contribution in [-0.4, -0.2) is 24.0 Å². The maximum absolute atomic E-state index is 10.9. The van der Waals surface area contributed by atoms with Crippen molar-refractivity contribution in [3.63, 3.8) is 0 Å². The third-order valence-corrected chi connectivity index (χ3v) is 2.82. The Balaban J connectivity index is 2.40. The number of hydrogen-bond donors (Lipinski definition) is 1. The number of esters is 1. The zero-order valence-electron chi connectivity index (χ0n) is 9.58. The molecule has 1 aliphatic carbocycles. The van der Waals surface area contributed by atoms with Gasteiger partial charge in [-0.2, -0.15) is 0 Å². The van der Waals surface area contributed by atoms with Gasteiger partial charge in [0.15, 0.2) is 0 Å². The van der Waals surface area contributed by atoms with Crippen LogP contribution in [-0.2, 0) is 14.3 Å². The van der Waals surface area contributed by atoms with Gasteiger partial charge >= 0.3 is 5.97 Å². The molecule has 0 saturated heterocycles. The number of nitrogens with one attached hydrogen (secondary N) is 1. The standard InChI is InChI=1S/C11H19NO3/c1-7-6-10(12-8(2)13)4-5-11(7)15-9(3)14/h7,10-11H,4-6H2,1-3H3,(H,12,13)/t7-,10?,11-/m1/s1. The van der Waals surface area contributed by atoms with E-state index in [1.165, 1.54) is 13.8 Å². The molecule has 0 aliphatic heterocycles. The van der Waals surface area contributed by atoms with E-state index in [9.17, 15) is 9.59 Å². The molecule has 0 radical (unpaired) electrons. The van der Waals surface area contributed by atoms with E-state index in [0.29, 0.717) is 5.92 Å². The van der Waals surface area contributed by atoms with Crippen molar-refractivity contribution in [3.8, 4) is 0 Å². The molecule has 1 unspecified atom stereocenters. The molecule has 0 aromatic carbocycles. The molecule has 0 aromatic heterocycles. The summed E-state index contributed by atoms with van der Waals surface area (Å²) >= 11 is 0. The molecule has 0 heterocycles. The Hall–Kier alpha value is -1.06. The summed E-state index contributed by atoms with van der Waals surface area (Å²) in [6, 6.07) is 0.240. The van der Waals surface area contributed by atoms with Crippen LogP contribution in [0.5, 0.6) is 0 Å². The SMILES string of the molecule is CC(=O)NC1CC[C@@H](OC(C)=O)[C@H](C)C1. The highest BCUT2D eigenvalue weighted by Crippen LogP contribution is 2.26. The van der Waals surface area contributed by atoms with E-state index in [1.807, 2.05) is 0 Å². The number of rotatable bonds is 2. The van der Waals surface area contributed by atoms with Gasteiger partial charge < -0.3 is 10.1 Å². The van der Waals surface area contributed by atoms with Crippen LogP contribution in [0.15, 0.2) is 0 Å². The molecule has 86 valence electrons. The first-order chi connectivity index (χ1) is 6.99. The van der Waals surface area contributed by atoms with Crippen molar-refractivity contribution in [3.05, 3.63) is 0 Å². The summed E-state index contributed by atoms with van der Waals surface area (Å²) in [5.74, 6) is 0.113. The van der Waals surface area contributed by atoms with Gasteiger partial charge in [-0.1, -0.05) is 6.92 Å². The van der Waals surface area contributed by atoms with Crippen LogP contribution in [0, 0.1) is 5.92 Å². The lowest BCUT2D eigenvalue weighted by Gasteiger charge is -2.33. The summed E-state index contributed by atoms with van der Waals surface area (Å²) in [6.07, 6.45) is 2.64. The molecule has 0 aromatic rings. The van der Waals surface area contributed by atoms with Crippen molar-refractivity contribution in [2.75, 3.05) is 0 Å². The average molecular weight is 213 g/mol. The molecule has 15 heavy (non-hydrogen) atoms. The van der Waals surface area contributed by atoms with E-state index in [2.05, 4.69) is 12.2 Å². The number of ether oxygens (including phenoxy) is 1. The Morgan fingerprint density at radius 3 is 2.40 bits per heavy atom. The lowest BCUT2D eigenvalue weighted by atomic mass is 9.84. The molecule has 3 atom stereocenters. The average Bonchev–Trinajstić information content (AvgIpc) is 2.08. The van der Waals surface area contributed by atoms with Crippen LogP contribution in [0.1, 0.15) is 40.0 Å². The monoisotopic (exact) mass is 213 g/mol. The van der Waals surface area contributed by atoms with Crippen LogP contribution in [0.2, 0.25) is 0 Å². The summed E-state index contributed by atoms with van der Waals surface area (Å²) in [5, 5.41) is 2.91. The zero-order valence-corrected chi connectivity index (χ0v) is 9.58. The largest absolute Gasteiger partial charge is 0.462 e. The fourth-order valence-corrected chi connectivity index (χ4v) is 2.18. The molecule has 1 fully saturated rings. The summed E-state index contributed by atoms with van der Waals surface area (Å²) in [4.78, 5) is 21.7. The number of amides is 1. The van der Waals surface area contributed by atoms with E-state index in [0.717, 1.165) is 19.3 Å². The topological polar surface area (TPSA) is 55.4 Å². The van der Waals surface area contributed by atoms with E-state index < -0.39 is 0 Å². The van der Waals surface area contributed by atoms with Gasteiger partial charge in [0.1, 0.15) is 6.10 Å². The van der Waals surface area contributed by atoms with Crippen molar-refractivity contribution >= 4 is 11.9 Å². The molecule has 0 spiro atoms. The fraction of sp³-hybridized carbons (Fsp3) is 0.818. The molecular weight excluding hydrogens is 194 g/mol. The highest BCUT2D eigenvalue weighted by atomic mass is 16.5. The summed E-state index contributed by atoms with van der Waals surface area (Å²) < 4.78 is 5.21. The number of carbonyl (C=O) groups excluding carboxylic acids is 2. The second-order valence-electron chi connectivity index (χ2n) is 4.34. The van der Waals surface area contributed by atoms with Crippen LogP contribution >= 0.6 is 0 Å². The van der Waals surface area contributed by atoms with Gasteiger partial charge in [0.25, 0.3) is 0 Å². The Bertz CT molecular complexity index is 252. The Morgan fingerprint density at radius 2 is 1.93 bits per heavy atom. The highest BCUT2D eigenvalue weighted by molar-refractivity contribution is 5.73. The van der Waals surface area contributed by atoms with E-state index in [-0.39, 0.29) is 24.0 Å². The van der Waals surface area contributed by atoms with Gasteiger partial charge in [0.2, 0.25) is 5.91 Å². The predicted octanol–water partition coefficient (Wildman–Crippen LogP) is 1.24. The molecule has 1 amide bonds. The summed E-state index contributed by atoms with van der Waals surface area (Å²) in [6.45, 7) is 5.02. The van der Waals surface area contributed by atoms with Crippen LogP contribution < -0.4 is 5.32 Å². The van der Waals surface area contributed by atoms with Gasteiger partial charge in [-0.3, -0.25) is 9.59 Å². The van der Waals surface area contributed by atoms with E-state index in [4.69, 9.17) is 4.74 Å². The first-order valence-electron chi connectivity index (χ1n) is 5.43. The van der Waals surface area contributed by atoms with Crippen molar-refractivity contribution in [1.29, 1.82) is 0 Å². The Morgan fingerprint density at radius 1 is 1.27 bits per heavy atom. The van der Waals surface area contributed by atoms with Gasteiger partial charge in [-0.25, -0.2) is 0 Å². The molecular formula is C11H19NO3. The highest BCUT2D eigenvalue weighted by Gasteiger charge is 2.29. The minimum Gasteiger partial charge on any atom is -0.462 e. The smallest absolute Gasteiger partial charge is 0.302 e. The fourth-order valence-electron chi connectivity index (χ4n) is 2.18. The van der Waals surface area contributed by atoms with Crippen LogP contribution in [0.4, 0.5) is 0 Å². The van der Waals surface area contributed by atoms with Gasteiger partial charge in [0, 0.05) is 19.9 Å². The minimum atomic E-state index is -0.218. The first-order valence-corrected chi connectivity index (χ1v) is 5.43. The van der Waals surface area contributed by atoms with Crippen molar-refractivity contribution in [2.24, 2.45) is 5.92 Å². The first kappa shape index (κ1) is 12.0.